The first-order valence-electron chi connectivity index (χ1n) is 6.59. The van der Waals surface area contributed by atoms with E-state index in [0.29, 0.717) is 19.5 Å². The van der Waals surface area contributed by atoms with Crippen LogP contribution in [0.5, 0.6) is 0 Å². The highest BCUT2D eigenvalue weighted by molar-refractivity contribution is 5.88. The molecule has 0 spiro atoms. The molecule has 1 rings (SSSR count). The molecular formula is C13H23N3O3. The molecular weight excluding hydrogens is 246 g/mol. The lowest BCUT2D eigenvalue weighted by Crippen LogP contribution is -2.62. The van der Waals surface area contributed by atoms with Crippen molar-refractivity contribution in [2.24, 2.45) is 0 Å². The smallest absolute Gasteiger partial charge is 0.245 e. The first kappa shape index (κ1) is 15.5. The monoisotopic (exact) mass is 269 g/mol. The highest BCUT2D eigenvalue weighted by Gasteiger charge is 2.35. The van der Waals surface area contributed by atoms with Crippen molar-refractivity contribution in [2.45, 2.75) is 45.7 Å². The molecule has 0 unspecified atom stereocenters. The van der Waals surface area contributed by atoms with Gasteiger partial charge in [0.1, 0.15) is 6.04 Å². The van der Waals surface area contributed by atoms with Crippen molar-refractivity contribution < 1.29 is 14.4 Å². The van der Waals surface area contributed by atoms with Crippen LogP contribution in [-0.4, -0.2) is 59.2 Å². The van der Waals surface area contributed by atoms with Crippen molar-refractivity contribution in [3.05, 3.63) is 0 Å². The summed E-state index contributed by atoms with van der Waals surface area (Å²) < 4.78 is 0. The highest BCUT2D eigenvalue weighted by atomic mass is 16.2. The molecule has 1 aliphatic rings. The second-order valence-electron chi connectivity index (χ2n) is 5.80. The van der Waals surface area contributed by atoms with E-state index >= 15 is 0 Å². The summed E-state index contributed by atoms with van der Waals surface area (Å²) in [5.74, 6) is -0.263. The fourth-order valence-electron chi connectivity index (χ4n) is 2.08. The Morgan fingerprint density at radius 1 is 1.32 bits per heavy atom. The van der Waals surface area contributed by atoms with E-state index in [0.717, 1.165) is 6.41 Å². The average Bonchev–Trinajstić information content (AvgIpc) is 2.35. The number of rotatable bonds is 3. The number of piperazine rings is 1. The fraction of sp³-hybridized carbons (Fsp3) is 0.769. The predicted octanol–water partition coefficient (Wildman–Crippen LogP) is -0.0197. The first-order chi connectivity index (χ1) is 8.78. The summed E-state index contributed by atoms with van der Waals surface area (Å²) >= 11 is 0. The number of amides is 3. The summed E-state index contributed by atoms with van der Waals surface area (Å²) in [6, 6.07) is -0.592. The van der Waals surface area contributed by atoms with Gasteiger partial charge in [-0.15, -0.1) is 0 Å². The van der Waals surface area contributed by atoms with Gasteiger partial charge >= 0.3 is 0 Å². The minimum atomic E-state index is -0.592. The molecule has 0 aromatic heterocycles. The summed E-state index contributed by atoms with van der Waals surface area (Å²) in [5.41, 5.74) is -0.360. The maximum absolute atomic E-state index is 12.3. The van der Waals surface area contributed by atoms with Crippen LogP contribution in [0.15, 0.2) is 0 Å². The lowest BCUT2D eigenvalue weighted by atomic mass is 10.1. The summed E-state index contributed by atoms with van der Waals surface area (Å²) in [6.45, 7) is 8.58. The maximum Gasteiger partial charge on any atom is 0.245 e. The molecule has 3 amide bonds. The van der Waals surface area contributed by atoms with Gasteiger partial charge in [-0.2, -0.15) is 0 Å². The molecule has 1 N–H and O–H groups in total. The van der Waals surface area contributed by atoms with E-state index in [1.54, 1.807) is 11.8 Å². The fourth-order valence-corrected chi connectivity index (χ4v) is 2.08. The van der Waals surface area contributed by atoms with Crippen LogP contribution in [0.3, 0.4) is 0 Å². The molecule has 1 heterocycles. The third-order valence-electron chi connectivity index (χ3n) is 2.98. The Morgan fingerprint density at radius 2 is 1.95 bits per heavy atom. The van der Waals surface area contributed by atoms with E-state index in [9.17, 15) is 14.4 Å². The summed E-state index contributed by atoms with van der Waals surface area (Å²) in [5, 5.41) is 2.87. The van der Waals surface area contributed by atoms with Crippen LogP contribution >= 0.6 is 0 Å². The summed E-state index contributed by atoms with van der Waals surface area (Å²) in [6.07, 6.45) is 1.09. The van der Waals surface area contributed by atoms with Gasteiger partial charge < -0.3 is 15.1 Å². The molecule has 1 atom stereocenters. The molecule has 108 valence electrons. The molecule has 0 radical (unpaired) electrons. The molecule has 0 aromatic rings. The highest BCUT2D eigenvalue weighted by Crippen LogP contribution is 2.12. The van der Waals surface area contributed by atoms with Gasteiger partial charge in [-0.3, -0.25) is 14.4 Å². The molecule has 0 bridgehead atoms. The molecule has 19 heavy (non-hydrogen) atoms. The molecule has 6 heteroatoms. The van der Waals surface area contributed by atoms with Crippen LogP contribution < -0.4 is 5.32 Å². The number of carbonyl (C=O) groups excluding carboxylic acids is 3. The van der Waals surface area contributed by atoms with Crippen LogP contribution in [0.2, 0.25) is 0 Å². The topological polar surface area (TPSA) is 69.7 Å². The number of nitrogens with one attached hydrogen (secondary N) is 1. The van der Waals surface area contributed by atoms with Crippen molar-refractivity contribution in [2.75, 3.05) is 19.6 Å². The van der Waals surface area contributed by atoms with E-state index < -0.39 is 6.04 Å². The lowest BCUT2D eigenvalue weighted by molar-refractivity contribution is -0.146. The minimum absolute atomic E-state index is 0.0559. The van der Waals surface area contributed by atoms with E-state index in [4.69, 9.17) is 0 Å². The largest absolute Gasteiger partial charge is 0.350 e. The van der Waals surface area contributed by atoms with Gasteiger partial charge in [-0.1, -0.05) is 6.92 Å². The molecule has 1 fully saturated rings. The van der Waals surface area contributed by atoms with E-state index in [-0.39, 0.29) is 23.9 Å². The van der Waals surface area contributed by atoms with Crippen LogP contribution in [0.1, 0.15) is 34.1 Å². The van der Waals surface area contributed by atoms with Crippen molar-refractivity contribution >= 4 is 18.2 Å². The van der Waals surface area contributed by atoms with E-state index in [1.807, 2.05) is 20.8 Å². The zero-order valence-corrected chi connectivity index (χ0v) is 12.1. The molecule has 1 aliphatic heterocycles. The molecule has 0 saturated carbocycles. The lowest BCUT2D eigenvalue weighted by Gasteiger charge is -2.40. The number of hydrogen-bond acceptors (Lipinski definition) is 3. The second-order valence-corrected chi connectivity index (χ2v) is 5.80. The van der Waals surface area contributed by atoms with Crippen LogP contribution in [0.25, 0.3) is 0 Å². The Bertz CT molecular complexity index is 363. The quantitative estimate of drug-likeness (QED) is 0.732. The molecule has 1 saturated heterocycles. The molecule has 0 aliphatic carbocycles. The van der Waals surface area contributed by atoms with Gasteiger partial charge in [0.25, 0.3) is 0 Å². The third kappa shape index (κ3) is 4.22. The van der Waals surface area contributed by atoms with Gasteiger partial charge in [0.05, 0.1) is 0 Å². The van der Waals surface area contributed by atoms with Gasteiger partial charge in [0.15, 0.2) is 0 Å². The van der Waals surface area contributed by atoms with E-state index in [2.05, 4.69) is 5.32 Å². The number of nitrogens with zero attached hydrogens (tertiary/aromatic N) is 2. The van der Waals surface area contributed by atoms with Crippen molar-refractivity contribution in [1.29, 1.82) is 0 Å². The molecule has 0 aromatic carbocycles. The van der Waals surface area contributed by atoms with Gasteiger partial charge in [0, 0.05) is 31.6 Å². The van der Waals surface area contributed by atoms with Crippen molar-refractivity contribution in [3.8, 4) is 0 Å². The Labute approximate surface area is 114 Å². The third-order valence-corrected chi connectivity index (χ3v) is 2.98. The average molecular weight is 269 g/mol. The number of carbonyl (C=O) groups is 3. The van der Waals surface area contributed by atoms with Crippen LogP contribution in [0.4, 0.5) is 0 Å². The Kier molecular flexibility index (Phi) is 4.91. The minimum Gasteiger partial charge on any atom is -0.350 e. The number of hydrogen-bond donors (Lipinski definition) is 1. The Hall–Kier alpha value is -1.59. The zero-order valence-electron chi connectivity index (χ0n) is 12.1. The SMILES string of the molecule is CCC(=O)N1CCN(C=O)C[C@H]1C(=O)NC(C)(C)C. The molecule has 6 nitrogen and oxygen atoms in total. The maximum atomic E-state index is 12.3. The van der Waals surface area contributed by atoms with E-state index in [1.165, 1.54) is 4.90 Å². The Morgan fingerprint density at radius 3 is 2.42 bits per heavy atom. The first-order valence-corrected chi connectivity index (χ1v) is 6.59. The standard InChI is InChI=1S/C13H23N3O3/c1-5-11(18)16-7-6-15(9-17)8-10(16)12(19)14-13(2,3)4/h9-10H,5-8H2,1-4H3,(H,14,19)/t10-/m0/s1. The van der Waals surface area contributed by atoms with Crippen molar-refractivity contribution in [1.82, 2.24) is 15.1 Å². The van der Waals surface area contributed by atoms with Gasteiger partial charge in [-0.25, -0.2) is 0 Å². The van der Waals surface area contributed by atoms with Gasteiger partial charge in [-0.05, 0) is 20.8 Å². The predicted molar refractivity (Wildman–Crippen MR) is 71.3 cm³/mol. The Balaban J connectivity index is 2.84. The van der Waals surface area contributed by atoms with Gasteiger partial charge in [0.2, 0.25) is 18.2 Å². The van der Waals surface area contributed by atoms with Crippen molar-refractivity contribution in [3.63, 3.8) is 0 Å². The normalized spacial score (nSPS) is 20.1. The summed E-state index contributed by atoms with van der Waals surface area (Å²) in [4.78, 5) is 38.1. The second kappa shape index (κ2) is 6.04. The van der Waals surface area contributed by atoms with Crippen LogP contribution in [0, 0.1) is 0 Å². The zero-order chi connectivity index (χ0) is 14.6. The van der Waals surface area contributed by atoms with Crippen LogP contribution in [-0.2, 0) is 14.4 Å². The summed E-state index contributed by atoms with van der Waals surface area (Å²) in [7, 11) is 0.